The van der Waals surface area contributed by atoms with Gasteiger partial charge in [-0.25, -0.2) is 0 Å². The molecule has 144 valence electrons. The van der Waals surface area contributed by atoms with E-state index in [1.54, 1.807) is 31.2 Å². The van der Waals surface area contributed by atoms with Crippen LogP contribution >= 0.6 is 0 Å². The Bertz CT molecular complexity index is 987. The van der Waals surface area contributed by atoms with Crippen LogP contribution in [0.4, 0.5) is 0 Å². The third-order valence-electron chi connectivity index (χ3n) is 4.11. The molecule has 0 aromatic heterocycles. The topological polar surface area (TPSA) is 76.7 Å². The molecule has 2 N–H and O–H groups in total. The highest BCUT2D eigenvalue weighted by Gasteiger charge is 2.16. The van der Waals surface area contributed by atoms with Crippen LogP contribution in [0, 0.1) is 0 Å². The summed E-state index contributed by atoms with van der Waals surface area (Å²) in [6, 6.07) is 20.2. The molecule has 0 spiro atoms. The zero-order chi connectivity index (χ0) is 19.9. The molecule has 0 radical (unpaired) electrons. The molecule has 3 rings (SSSR count). The van der Waals surface area contributed by atoms with Crippen LogP contribution in [0.25, 0.3) is 10.8 Å². The van der Waals surface area contributed by atoms with Gasteiger partial charge in [-0.1, -0.05) is 36.4 Å². The maximum Gasteiger partial charge on any atom is 0.279 e. The van der Waals surface area contributed by atoms with Crippen molar-refractivity contribution in [3.8, 4) is 11.5 Å². The lowest BCUT2D eigenvalue weighted by Crippen LogP contribution is -2.47. The fourth-order valence-electron chi connectivity index (χ4n) is 2.68. The van der Waals surface area contributed by atoms with Crippen LogP contribution in [-0.4, -0.2) is 24.5 Å². The van der Waals surface area contributed by atoms with E-state index in [4.69, 9.17) is 9.47 Å². The number of nitrogens with one attached hydrogen (secondary N) is 2. The van der Waals surface area contributed by atoms with Gasteiger partial charge in [0, 0.05) is 5.56 Å². The second-order valence-electron chi connectivity index (χ2n) is 6.17. The molecule has 0 aliphatic heterocycles. The minimum atomic E-state index is -0.781. The van der Waals surface area contributed by atoms with Gasteiger partial charge in [0.2, 0.25) is 0 Å². The Morgan fingerprint density at radius 3 is 2.46 bits per heavy atom. The number of hydrogen-bond donors (Lipinski definition) is 2. The molecule has 0 saturated carbocycles. The zero-order valence-electron chi connectivity index (χ0n) is 15.8. The van der Waals surface area contributed by atoms with E-state index in [1.165, 1.54) is 0 Å². The largest absolute Gasteiger partial charge is 0.494 e. The van der Waals surface area contributed by atoms with Crippen LogP contribution in [-0.2, 0) is 4.79 Å². The number of hydrazine groups is 1. The first-order valence-corrected chi connectivity index (χ1v) is 9.05. The van der Waals surface area contributed by atoms with Crippen LogP contribution in [0.15, 0.2) is 66.7 Å². The average molecular weight is 378 g/mol. The maximum atomic E-state index is 12.2. The van der Waals surface area contributed by atoms with Crippen LogP contribution < -0.4 is 20.3 Å². The standard InChI is InChI=1S/C22H22N2O4/c1-3-27-19-10-6-9-18(14-19)22(26)24-23-21(25)15(2)28-20-12-11-16-7-4-5-8-17(16)13-20/h4-15H,3H2,1-2H3,(H,23,25)(H,24,26). The summed E-state index contributed by atoms with van der Waals surface area (Å²) in [7, 11) is 0. The number of carbonyl (C=O) groups is 2. The number of rotatable bonds is 6. The second kappa shape index (κ2) is 8.90. The lowest BCUT2D eigenvalue weighted by Gasteiger charge is -2.15. The third kappa shape index (κ3) is 4.79. The molecule has 2 amide bonds. The molecule has 6 heteroatoms. The van der Waals surface area contributed by atoms with Crippen molar-refractivity contribution in [2.24, 2.45) is 0 Å². The van der Waals surface area contributed by atoms with E-state index in [9.17, 15) is 9.59 Å². The highest BCUT2D eigenvalue weighted by Crippen LogP contribution is 2.21. The molecule has 6 nitrogen and oxygen atoms in total. The number of benzene rings is 3. The molecule has 0 fully saturated rings. The summed E-state index contributed by atoms with van der Waals surface area (Å²) in [5.74, 6) is 0.279. The Labute approximate surface area is 163 Å². The van der Waals surface area contributed by atoms with Crippen molar-refractivity contribution in [1.29, 1.82) is 0 Å². The highest BCUT2D eigenvalue weighted by atomic mass is 16.5. The van der Waals surface area contributed by atoms with Gasteiger partial charge in [-0.2, -0.15) is 0 Å². The Morgan fingerprint density at radius 2 is 1.68 bits per heavy atom. The van der Waals surface area contributed by atoms with E-state index in [0.29, 0.717) is 23.7 Å². The Hall–Kier alpha value is -3.54. The summed E-state index contributed by atoms with van der Waals surface area (Å²) in [6.07, 6.45) is -0.781. The molecule has 3 aromatic carbocycles. The van der Waals surface area contributed by atoms with Crippen molar-refractivity contribution in [2.45, 2.75) is 20.0 Å². The van der Waals surface area contributed by atoms with E-state index in [2.05, 4.69) is 10.9 Å². The first-order valence-electron chi connectivity index (χ1n) is 9.05. The Kier molecular flexibility index (Phi) is 6.11. The van der Waals surface area contributed by atoms with Crippen molar-refractivity contribution in [1.82, 2.24) is 10.9 Å². The zero-order valence-corrected chi connectivity index (χ0v) is 15.8. The molecule has 3 aromatic rings. The van der Waals surface area contributed by atoms with Gasteiger partial charge >= 0.3 is 0 Å². The molecule has 0 saturated heterocycles. The molecule has 0 aliphatic carbocycles. The van der Waals surface area contributed by atoms with Crippen molar-refractivity contribution in [3.05, 3.63) is 72.3 Å². The third-order valence-corrected chi connectivity index (χ3v) is 4.11. The molecular weight excluding hydrogens is 356 g/mol. The number of fused-ring (bicyclic) bond motifs is 1. The smallest absolute Gasteiger partial charge is 0.279 e. The fraction of sp³-hybridized carbons (Fsp3) is 0.182. The van der Waals surface area contributed by atoms with Crippen LogP contribution in [0.3, 0.4) is 0 Å². The minimum Gasteiger partial charge on any atom is -0.494 e. The van der Waals surface area contributed by atoms with Crippen LogP contribution in [0.1, 0.15) is 24.2 Å². The van der Waals surface area contributed by atoms with E-state index in [1.807, 2.05) is 49.4 Å². The quantitative estimate of drug-likeness (QED) is 0.644. The lowest BCUT2D eigenvalue weighted by molar-refractivity contribution is -0.128. The SMILES string of the molecule is CCOc1cccc(C(=O)NNC(=O)C(C)Oc2ccc3ccccc3c2)c1. The molecule has 0 aliphatic rings. The van der Waals surface area contributed by atoms with Gasteiger partial charge in [-0.15, -0.1) is 0 Å². The van der Waals surface area contributed by atoms with Crippen LogP contribution in [0.5, 0.6) is 11.5 Å². The van der Waals surface area contributed by atoms with E-state index in [-0.39, 0.29) is 0 Å². The van der Waals surface area contributed by atoms with Gasteiger partial charge in [0.25, 0.3) is 11.8 Å². The summed E-state index contributed by atoms with van der Waals surface area (Å²) in [4.78, 5) is 24.5. The van der Waals surface area contributed by atoms with E-state index in [0.717, 1.165) is 10.8 Å². The van der Waals surface area contributed by atoms with E-state index >= 15 is 0 Å². The van der Waals surface area contributed by atoms with E-state index < -0.39 is 17.9 Å². The Morgan fingerprint density at radius 1 is 0.893 bits per heavy atom. The summed E-state index contributed by atoms with van der Waals surface area (Å²) >= 11 is 0. The average Bonchev–Trinajstić information content (AvgIpc) is 2.72. The normalized spacial score (nSPS) is 11.5. The number of carbonyl (C=O) groups excluding carboxylic acids is 2. The second-order valence-corrected chi connectivity index (χ2v) is 6.17. The first kappa shape index (κ1) is 19.2. The molecule has 1 atom stereocenters. The van der Waals surface area contributed by atoms with Gasteiger partial charge in [-0.3, -0.25) is 20.4 Å². The van der Waals surface area contributed by atoms with Gasteiger partial charge in [-0.05, 0) is 55.0 Å². The number of hydrogen-bond acceptors (Lipinski definition) is 4. The Balaban J connectivity index is 1.56. The molecular formula is C22H22N2O4. The fourth-order valence-corrected chi connectivity index (χ4v) is 2.68. The molecule has 28 heavy (non-hydrogen) atoms. The monoisotopic (exact) mass is 378 g/mol. The summed E-state index contributed by atoms with van der Waals surface area (Å²) < 4.78 is 11.1. The van der Waals surface area contributed by atoms with Gasteiger partial charge in [0.15, 0.2) is 6.10 Å². The predicted molar refractivity (Wildman–Crippen MR) is 107 cm³/mol. The van der Waals surface area contributed by atoms with Crippen molar-refractivity contribution in [3.63, 3.8) is 0 Å². The van der Waals surface area contributed by atoms with Gasteiger partial charge in [0.05, 0.1) is 6.61 Å². The summed E-state index contributed by atoms with van der Waals surface area (Å²) in [6.45, 7) is 3.99. The summed E-state index contributed by atoms with van der Waals surface area (Å²) in [5.41, 5.74) is 5.16. The molecule has 0 heterocycles. The first-order chi connectivity index (χ1) is 13.6. The van der Waals surface area contributed by atoms with Crippen molar-refractivity contribution < 1.29 is 19.1 Å². The highest BCUT2D eigenvalue weighted by molar-refractivity contribution is 5.96. The minimum absolute atomic E-state index is 0.384. The maximum absolute atomic E-state index is 12.2. The predicted octanol–water partition coefficient (Wildman–Crippen LogP) is 3.47. The van der Waals surface area contributed by atoms with Crippen molar-refractivity contribution >= 4 is 22.6 Å². The number of ether oxygens (including phenoxy) is 2. The van der Waals surface area contributed by atoms with Crippen LogP contribution in [0.2, 0.25) is 0 Å². The number of amides is 2. The molecule has 1 unspecified atom stereocenters. The van der Waals surface area contributed by atoms with Crippen molar-refractivity contribution in [2.75, 3.05) is 6.61 Å². The lowest BCUT2D eigenvalue weighted by atomic mass is 10.1. The summed E-state index contributed by atoms with van der Waals surface area (Å²) in [5, 5.41) is 2.11. The molecule has 0 bridgehead atoms. The van der Waals surface area contributed by atoms with Gasteiger partial charge in [0.1, 0.15) is 11.5 Å². The van der Waals surface area contributed by atoms with Gasteiger partial charge < -0.3 is 9.47 Å².